The van der Waals surface area contributed by atoms with E-state index < -0.39 is 48.7 Å². The first-order valence-corrected chi connectivity index (χ1v) is 18.6. The summed E-state index contributed by atoms with van der Waals surface area (Å²) in [6, 6.07) is 7.03. The Morgan fingerprint density at radius 2 is 1.73 bits per heavy atom. The fraction of sp³-hybridized carbons (Fsp3) is 0.400. The normalized spacial score (nSPS) is 17.2. The van der Waals surface area contributed by atoms with E-state index in [1.54, 1.807) is 0 Å². The monoisotopic (exact) mass is 815 g/mol. The van der Waals surface area contributed by atoms with Gasteiger partial charge in [0.2, 0.25) is 3.79 Å². The van der Waals surface area contributed by atoms with Crippen LogP contribution in [0, 0.1) is 5.92 Å². The molecule has 1 aromatic heterocycles. The van der Waals surface area contributed by atoms with E-state index in [-0.39, 0.29) is 69.7 Å². The second-order valence-corrected chi connectivity index (χ2v) is 16.5. The van der Waals surface area contributed by atoms with Gasteiger partial charge in [-0.25, -0.2) is 22.9 Å². The summed E-state index contributed by atoms with van der Waals surface area (Å²) in [7, 11) is -3.64. The van der Waals surface area contributed by atoms with Crippen molar-refractivity contribution >= 4 is 103 Å². The third-order valence-electron chi connectivity index (χ3n) is 7.38. The van der Waals surface area contributed by atoms with Crippen LogP contribution in [0.2, 0.25) is 15.1 Å². The fourth-order valence-electron chi connectivity index (χ4n) is 5.10. The van der Waals surface area contributed by atoms with E-state index in [1.165, 1.54) is 30.3 Å². The van der Waals surface area contributed by atoms with E-state index in [9.17, 15) is 27.6 Å². The second kappa shape index (κ2) is 16.3. The maximum Gasteiger partial charge on any atom is 0.375 e. The summed E-state index contributed by atoms with van der Waals surface area (Å²) in [6.07, 6.45) is 3.55. The Hall–Kier alpha value is -2.33. The number of nitrogens with zero attached hydrogens (tertiary/aromatic N) is 3. The molecule has 0 radical (unpaired) electrons. The summed E-state index contributed by atoms with van der Waals surface area (Å²) in [5, 5.41) is 13.2. The molecule has 1 unspecified atom stereocenters. The van der Waals surface area contributed by atoms with Crippen molar-refractivity contribution < 1.29 is 42.2 Å². The molecule has 1 aliphatic heterocycles. The number of alkyl halides is 3. The van der Waals surface area contributed by atoms with Crippen LogP contribution in [0.5, 0.6) is 0 Å². The van der Waals surface area contributed by atoms with Crippen LogP contribution in [0.25, 0.3) is 5.69 Å². The minimum absolute atomic E-state index is 0.0385. The molecular formula is C30H27Cl6N3O9S. The zero-order valence-corrected chi connectivity index (χ0v) is 30.8. The van der Waals surface area contributed by atoms with Gasteiger partial charge in [-0.3, -0.25) is 14.4 Å². The lowest BCUT2D eigenvalue weighted by atomic mass is 9.81. The molecule has 2 heterocycles. The van der Waals surface area contributed by atoms with E-state index in [1.807, 2.05) is 0 Å². The van der Waals surface area contributed by atoms with Gasteiger partial charge < -0.3 is 14.6 Å². The molecule has 1 saturated heterocycles. The average Bonchev–Trinajstić information content (AvgIpc) is 3.68. The molecule has 3 aromatic rings. The van der Waals surface area contributed by atoms with Gasteiger partial charge in [0.25, 0.3) is 5.82 Å². The van der Waals surface area contributed by atoms with Crippen molar-refractivity contribution in [3.63, 3.8) is 0 Å². The molecule has 2 aromatic carbocycles. The molecule has 0 bridgehead atoms. The Labute approximate surface area is 310 Å². The van der Waals surface area contributed by atoms with Crippen LogP contribution in [0.3, 0.4) is 0 Å². The van der Waals surface area contributed by atoms with E-state index in [4.69, 9.17) is 84.2 Å². The molecule has 12 nitrogen and oxygen atoms in total. The molecule has 1 atom stereocenters. The number of sulfone groups is 1. The van der Waals surface area contributed by atoms with Gasteiger partial charge in [0.15, 0.2) is 33.0 Å². The number of ketones is 3. The lowest BCUT2D eigenvalue weighted by Crippen LogP contribution is -2.35. The number of rotatable bonds is 9. The first-order chi connectivity index (χ1) is 22.9. The SMILES string of the molecule is CS(=O)(=O)c1ccc(C(=O)C2C(=O)CCCC2=O)c(Cl)c1COCC1CCCO1.O=C(O)c1nc(C(Cl)(Cl)Cl)n(-c2ccc(Cl)cc2Cl)n1. The highest BCUT2D eigenvalue weighted by Crippen LogP contribution is 2.39. The van der Waals surface area contributed by atoms with E-state index in [0.29, 0.717) is 18.1 Å². The van der Waals surface area contributed by atoms with Crippen LogP contribution in [-0.2, 0) is 39.3 Å². The van der Waals surface area contributed by atoms with Crippen LogP contribution in [0.1, 0.15) is 64.5 Å². The highest BCUT2D eigenvalue weighted by molar-refractivity contribution is 7.90. The second-order valence-electron chi connectivity index (χ2n) is 11.0. The number of benzene rings is 2. The zero-order chi connectivity index (χ0) is 36.3. The third-order valence-corrected chi connectivity index (χ3v) is 10.0. The molecule has 19 heteroatoms. The number of hydrogen-bond donors (Lipinski definition) is 1. The molecule has 0 amide bonds. The number of carbonyl (C=O) groups is 4. The number of aromatic carboxylic acids is 1. The number of ether oxygens (including phenoxy) is 2. The predicted molar refractivity (Wildman–Crippen MR) is 182 cm³/mol. The Balaban J connectivity index is 0.000000237. The van der Waals surface area contributed by atoms with Crippen molar-refractivity contribution in [2.24, 2.45) is 5.92 Å². The minimum atomic E-state index is -3.64. The molecule has 2 aliphatic rings. The molecule has 0 spiro atoms. The van der Waals surface area contributed by atoms with E-state index >= 15 is 0 Å². The molecule has 2 fully saturated rings. The Morgan fingerprint density at radius 1 is 1.06 bits per heavy atom. The smallest absolute Gasteiger partial charge is 0.375 e. The van der Waals surface area contributed by atoms with E-state index in [2.05, 4.69) is 10.1 Å². The molecule has 5 rings (SSSR count). The minimum Gasteiger partial charge on any atom is -0.475 e. The highest BCUT2D eigenvalue weighted by Gasteiger charge is 2.38. The Morgan fingerprint density at radius 3 is 2.29 bits per heavy atom. The number of aromatic nitrogens is 3. The van der Waals surface area contributed by atoms with Crippen molar-refractivity contribution in [1.82, 2.24) is 14.8 Å². The highest BCUT2D eigenvalue weighted by atomic mass is 35.6. The van der Waals surface area contributed by atoms with Gasteiger partial charge in [0, 0.05) is 41.9 Å². The first-order valence-electron chi connectivity index (χ1n) is 14.4. The van der Waals surface area contributed by atoms with Crippen molar-refractivity contribution in [2.75, 3.05) is 19.5 Å². The van der Waals surface area contributed by atoms with Gasteiger partial charge in [0.05, 0.1) is 39.9 Å². The van der Waals surface area contributed by atoms with Crippen molar-refractivity contribution in [3.8, 4) is 5.69 Å². The van der Waals surface area contributed by atoms with E-state index in [0.717, 1.165) is 23.8 Å². The van der Waals surface area contributed by atoms with Crippen LogP contribution in [0.15, 0.2) is 35.2 Å². The van der Waals surface area contributed by atoms with Crippen LogP contribution in [-0.4, -0.2) is 77.2 Å². The summed E-state index contributed by atoms with van der Waals surface area (Å²) in [5.74, 6) is -4.97. The maximum absolute atomic E-state index is 12.9. The maximum atomic E-state index is 12.9. The molecule has 1 N–H and O–H groups in total. The summed E-state index contributed by atoms with van der Waals surface area (Å²) in [5.41, 5.74) is 0.398. The van der Waals surface area contributed by atoms with Crippen molar-refractivity contribution in [2.45, 2.75) is 53.5 Å². The number of carboxylic acid groups (broad SMARTS) is 1. The number of carboxylic acids is 1. The van der Waals surface area contributed by atoms with Gasteiger partial charge in [-0.1, -0.05) is 69.6 Å². The fourth-order valence-corrected chi connectivity index (χ4v) is 7.25. The van der Waals surface area contributed by atoms with Crippen molar-refractivity contribution in [1.29, 1.82) is 0 Å². The van der Waals surface area contributed by atoms with Crippen LogP contribution >= 0.6 is 69.6 Å². The first kappa shape index (κ1) is 39.5. The summed E-state index contributed by atoms with van der Waals surface area (Å²) in [6.45, 7) is 0.808. The summed E-state index contributed by atoms with van der Waals surface area (Å²) >= 11 is 35.5. The predicted octanol–water partition coefficient (Wildman–Crippen LogP) is 6.66. The van der Waals surface area contributed by atoms with Gasteiger partial charge in [-0.05, 0) is 49.6 Å². The van der Waals surface area contributed by atoms with Gasteiger partial charge in [-0.15, -0.1) is 5.10 Å². The van der Waals surface area contributed by atoms with Crippen LogP contribution < -0.4 is 0 Å². The molecular weight excluding hydrogens is 791 g/mol. The van der Waals surface area contributed by atoms with Crippen molar-refractivity contribution in [3.05, 3.63) is 68.2 Å². The zero-order valence-electron chi connectivity index (χ0n) is 25.4. The molecule has 1 aliphatic carbocycles. The van der Waals surface area contributed by atoms with Gasteiger partial charge >= 0.3 is 5.97 Å². The lowest BCUT2D eigenvalue weighted by Gasteiger charge is -2.20. The molecule has 49 heavy (non-hydrogen) atoms. The quantitative estimate of drug-likeness (QED) is 0.139. The number of hydrogen-bond acceptors (Lipinski definition) is 10. The number of Topliss-reactive ketones (excluding diaryl/α,β-unsaturated/α-hetero) is 3. The largest absolute Gasteiger partial charge is 0.475 e. The lowest BCUT2D eigenvalue weighted by molar-refractivity contribution is -0.133. The topological polar surface area (TPSA) is 172 Å². The standard InChI is InChI=1S/C20H23ClO7S.C10H4Cl5N3O2/c1-29(25,26)17-8-7-13(20(24)18-15(22)5-2-6-16(18)23)19(21)14(17)11-27-10-12-4-3-9-28-12;11-4-1-2-6(5(12)3-4)18-9(10(13,14)15)16-7(17-18)8(19)20/h7-8,12,18H,2-6,9-11H2,1H3;1-3H,(H,19,20). The Bertz CT molecular complexity index is 1870. The number of carbonyl (C=O) groups excluding carboxylic acids is 3. The summed E-state index contributed by atoms with van der Waals surface area (Å²) in [4.78, 5) is 51.8. The third kappa shape index (κ3) is 9.72. The average molecular weight is 818 g/mol. The molecule has 1 saturated carbocycles. The van der Waals surface area contributed by atoms with Crippen LogP contribution in [0.4, 0.5) is 0 Å². The summed E-state index contributed by atoms with van der Waals surface area (Å²) < 4.78 is 34.5. The van der Waals surface area contributed by atoms with Gasteiger partial charge in [-0.2, -0.15) is 0 Å². The number of halogens is 6. The van der Waals surface area contributed by atoms with Gasteiger partial charge in [0.1, 0.15) is 5.92 Å². The Kier molecular flexibility index (Phi) is 13.2. The molecule has 264 valence electrons.